The Kier molecular flexibility index (Phi) is 5.43. The van der Waals surface area contributed by atoms with Crippen LogP contribution in [0.3, 0.4) is 0 Å². The minimum Gasteiger partial charge on any atom is -0.459 e. The highest BCUT2D eigenvalue weighted by Gasteiger charge is 2.23. The van der Waals surface area contributed by atoms with Gasteiger partial charge in [0.1, 0.15) is 17.9 Å². The first-order chi connectivity index (χ1) is 12.7. The van der Waals surface area contributed by atoms with Crippen LogP contribution in [0.5, 0.6) is 0 Å². The van der Waals surface area contributed by atoms with Crippen LogP contribution in [-0.4, -0.2) is 27.1 Å². The quantitative estimate of drug-likeness (QED) is 0.676. The number of fused-ring (bicyclic) bond motifs is 1. The highest BCUT2D eigenvalue weighted by atomic mass is 35.5. The lowest BCUT2D eigenvalue weighted by Crippen LogP contribution is -2.41. The summed E-state index contributed by atoms with van der Waals surface area (Å²) in [6.07, 6.45) is 1.05. The van der Waals surface area contributed by atoms with E-state index >= 15 is 0 Å². The molecule has 27 heavy (non-hydrogen) atoms. The molecular formula is C19H19ClN2O4S. The first-order valence-electron chi connectivity index (χ1n) is 8.25. The molecule has 1 aromatic heterocycles. The summed E-state index contributed by atoms with van der Waals surface area (Å²) in [5.41, 5.74) is 1.06. The lowest BCUT2D eigenvalue weighted by molar-refractivity contribution is -0.120. The maximum absolute atomic E-state index is 12.5. The number of hydrogen-bond acceptors (Lipinski definition) is 4. The number of amides is 1. The second-order valence-electron chi connectivity index (χ2n) is 6.23. The average Bonchev–Trinajstić information content (AvgIpc) is 3.03. The molecule has 142 valence electrons. The number of para-hydroxylation sites is 1. The summed E-state index contributed by atoms with van der Waals surface area (Å²) in [6, 6.07) is 15.3. The molecule has 3 rings (SSSR count). The van der Waals surface area contributed by atoms with Crippen molar-refractivity contribution >= 4 is 44.2 Å². The number of benzene rings is 2. The van der Waals surface area contributed by atoms with E-state index in [9.17, 15) is 13.2 Å². The van der Waals surface area contributed by atoms with Crippen LogP contribution >= 0.6 is 11.6 Å². The van der Waals surface area contributed by atoms with Crippen molar-refractivity contribution in [2.45, 2.75) is 13.0 Å². The molecule has 0 aliphatic heterocycles. The molecule has 0 bridgehead atoms. The monoisotopic (exact) mass is 406 g/mol. The van der Waals surface area contributed by atoms with Crippen LogP contribution in [0.4, 0.5) is 5.69 Å². The molecule has 6 nitrogen and oxygen atoms in total. The van der Waals surface area contributed by atoms with Crippen LogP contribution in [0.2, 0.25) is 5.02 Å². The van der Waals surface area contributed by atoms with Gasteiger partial charge in [0.15, 0.2) is 0 Å². The minimum absolute atomic E-state index is 0.330. The van der Waals surface area contributed by atoms with E-state index in [1.807, 2.05) is 30.3 Å². The molecule has 0 radical (unpaired) electrons. The maximum atomic E-state index is 12.5. The fraction of sp³-hybridized carbons (Fsp3) is 0.211. The summed E-state index contributed by atoms with van der Waals surface area (Å²) in [6.45, 7) is 1.42. The van der Waals surface area contributed by atoms with Crippen LogP contribution < -0.4 is 9.62 Å². The fourth-order valence-corrected chi connectivity index (χ4v) is 3.77. The first-order valence-corrected chi connectivity index (χ1v) is 10.5. The Labute approximate surface area is 162 Å². The smallest absolute Gasteiger partial charge is 0.241 e. The first kappa shape index (κ1) is 19.3. The van der Waals surface area contributed by atoms with Crippen molar-refractivity contribution in [2.24, 2.45) is 0 Å². The Bertz CT molecular complexity index is 1050. The molecule has 0 unspecified atom stereocenters. The van der Waals surface area contributed by atoms with Gasteiger partial charge in [-0.15, -0.1) is 0 Å². The van der Waals surface area contributed by atoms with E-state index in [1.165, 1.54) is 6.07 Å². The summed E-state index contributed by atoms with van der Waals surface area (Å²) in [7, 11) is -3.66. The van der Waals surface area contributed by atoms with Gasteiger partial charge in [-0.2, -0.15) is 0 Å². The molecule has 0 saturated carbocycles. The van der Waals surface area contributed by atoms with Gasteiger partial charge in [0, 0.05) is 10.4 Å². The van der Waals surface area contributed by atoms with Crippen LogP contribution in [0.1, 0.15) is 18.7 Å². The van der Waals surface area contributed by atoms with Gasteiger partial charge in [-0.3, -0.25) is 9.10 Å². The van der Waals surface area contributed by atoms with Gasteiger partial charge < -0.3 is 9.73 Å². The molecule has 2 aromatic carbocycles. The lowest BCUT2D eigenvalue weighted by Gasteiger charge is -2.23. The predicted molar refractivity (Wildman–Crippen MR) is 106 cm³/mol. The third kappa shape index (κ3) is 4.61. The molecule has 0 fully saturated rings. The summed E-state index contributed by atoms with van der Waals surface area (Å²) in [5.74, 6) is 0.145. The maximum Gasteiger partial charge on any atom is 0.241 e. The van der Waals surface area contributed by atoms with E-state index < -0.39 is 22.0 Å². The number of nitrogens with zero attached hydrogens (tertiary/aromatic N) is 1. The van der Waals surface area contributed by atoms with Gasteiger partial charge >= 0.3 is 0 Å². The minimum atomic E-state index is -3.66. The Morgan fingerprint density at radius 1 is 1.19 bits per heavy atom. The Hall–Kier alpha value is -2.51. The highest BCUT2D eigenvalue weighted by molar-refractivity contribution is 7.92. The van der Waals surface area contributed by atoms with Crippen LogP contribution in [0.15, 0.2) is 59.0 Å². The summed E-state index contributed by atoms with van der Waals surface area (Å²) in [5, 5.41) is 4.09. The number of halogens is 1. The molecule has 0 aliphatic carbocycles. The van der Waals surface area contributed by atoms with Crippen LogP contribution in [0.25, 0.3) is 11.0 Å². The number of rotatable bonds is 6. The van der Waals surface area contributed by atoms with Crippen molar-refractivity contribution < 1.29 is 17.6 Å². The van der Waals surface area contributed by atoms with Gasteiger partial charge in [-0.1, -0.05) is 35.9 Å². The van der Waals surface area contributed by atoms with Gasteiger partial charge in [0.2, 0.25) is 15.9 Å². The zero-order valence-corrected chi connectivity index (χ0v) is 16.4. The third-order valence-electron chi connectivity index (χ3n) is 4.03. The molecule has 1 amide bonds. The fourth-order valence-electron chi connectivity index (χ4n) is 2.74. The van der Waals surface area contributed by atoms with Crippen molar-refractivity contribution in [3.8, 4) is 0 Å². The second-order valence-corrected chi connectivity index (χ2v) is 8.57. The molecule has 1 heterocycles. The van der Waals surface area contributed by atoms with Crippen LogP contribution in [0, 0.1) is 0 Å². The summed E-state index contributed by atoms with van der Waals surface area (Å²) in [4.78, 5) is 12.5. The Balaban J connectivity index is 1.75. The van der Waals surface area contributed by atoms with Crippen molar-refractivity contribution in [2.75, 3.05) is 17.1 Å². The van der Waals surface area contributed by atoms with E-state index in [2.05, 4.69) is 5.32 Å². The highest BCUT2D eigenvalue weighted by Crippen LogP contribution is 2.24. The molecule has 0 aliphatic rings. The third-order valence-corrected chi connectivity index (χ3v) is 5.41. The van der Waals surface area contributed by atoms with E-state index in [4.69, 9.17) is 16.0 Å². The number of nitrogens with one attached hydrogen (secondary N) is 1. The van der Waals surface area contributed by atoms with Gasteiger partial charge in [-0.25, -0.2) is 8.42 Å². The molecular weight excluding hydrogens is 388 g/mol. The van der Waals surface area contributed by atoms with E-state index in [-0.39, 0.29) is 6.54 Å². The Morgan fingerprint density at radius 3 is 2.59 bits per heavy atom. The second kappa shape index (κ2) is 7.62. The molecule has 0 saturated heterocycles. The van der Waals surface area contributed by atoms with Crippen molar-refractivity contribution in [1.29, 1.82) is 0 Å². The van der Waals surface area contributed by atoms with E-state index in [0.717, 1.165) is 21.5 Å². The van der Waals surface area contributed by atoms with Crippen LogP contribution in [-0.2, 0) is 14.8 Å². The molecule has 1 N–H and O–H groups in total. The van der Waals surface area contributed by atoms with Crippen molar-refractivity contribution in [1.82, 2.24) is 5.32 Å². The summed E-state index contributed by atoms with van der Waals surface area (Å²) >= 11 is 5.94. The normalized spacial score (nSPS) is 12.7. The summed E-state index contributed by atoms with van der Waals surface area (Å²) < 4.78 is 31.0. The van der Waals surface area contributed by atoms with Crippen molar-refractivity contribution in [3.05, 3.63) is 65.4 Å². The zero-order valence-electron chi connectivity index (χ0n) is 14.8. The van der Waals surface area contributed by atoms with Crippen molar-refractivity contribution in [3.63, 3.8) is 0 Å². The molecule has 1 atom stereocenters. The molecule has 0 spiro atoms. The number of sulfonamides is 1. The largest absolute Gasteiger partial charge is 0.459 e. The standard InChI is InChI=1S/C19H19ClN2O4S/c1-13(18-10-14-6-3-4-9-17(14)26-18)21-19(23)12-22(27(2,24)25)16-8-5-7-15(20)11-16/h3-11,13H,12H2,1-2H3,(H,21,23)/t13-/m0/s1. The zero-order chi connectivity index (χ0) is 19.6. The number of carbonyl (C=O) groups excluding carboxylic acids is 1. The Morgan fingerprint density at radius 2 is 1.93 bits per heavy atom. The molecule has 3 aromatic rings. The topological polar surface area (TPSA) is 79.6 Å². The number of carbonyl (C=O) groups is 1. The number of anilines is 1. The average molecular weight is 407 g/mol. The number of furan rings is 1. The number of hydrogen-bond donors (Lipinski definition) is 1. The van der Waals surface area contributed by atoms with Gasteiger partial charge in [-0.05, 0) is 37.3 Å². The van der Waals surface area contributed by atoms with E-state index in [0.29, 0.717) is 16.5 Å². The molecule has 8 heteroatoms. The van der Waals surface area contributed by atoms with E-state index in [1.54, 1.807) is 25.1 Å². The predicted octanol–water partition coefficient (Wildman–Crippen LogP) is 3.73. The SMILES string of the molecule is C[C@H](NC(=O)CN(c1cccc(Cl)c1)S(C)(=O)=O)c1cc2ccccc2o1. The van der Waals surface area contributed by atoms with Gasteiger partial charge in [0.25, 0.3) is 0 Å². The van der Waals surface area contributed by atoms with Gasteiger partial charge in [0.05, 0.1) is 18.0 Å². The lowest BCUT2D eigenvalue weighted by atomic mass is 10.2.